The Morgan fingerprint density at radius 1 is 1.14 bits per heavy atom. The van der Waals surface area contributed by atoms with Crippen LogP contribution in [0.25, 0.3) is 0 Å². The van der Waals surface area contributed by atoms with Crippen molar-refractivity contribution >= 4 is 17.7 Å². The lowest BCUT2D eigenvalue weighted by molar-refractivity contribution is 0.0600. The first kappa shape index (κ1) is 18.0. The van der Waals surface area contributed by atoms with E-state index in [1.165, 1.54) is 23.8 Å². The van der Waals surface area contributed by atoms with Crippen LogP contribution in [0.2, 0.25) is 0 Å². The maximum atomic E-state index is 11.7. The van der Waals surface area contributed by atoms with Gasteiger partial charge in [-0.05, 0) is 41.3 Å². The Morgan fingerprint density at radius 2 is 2.00 bits per heavy atom. The summed E-state index contributed by atoms with van der Waals surface area (Å²) in [4.78, 5) is 23.0. The van der Waals surface area contributed by atoms with Crippen LogP contribution >= 0.6 is 0 Å². The van der Waals surface area contributed by atoms with Crippen LogP contribution in [0, 0.1) is 0 Å². The fourth-order valence-corrected chi connectivity index (χ4v) is 3.38. The SMILES string of the molecule is COC(=O)c1ccc2c(c1)CCN(c1ccnc(NCc3ccccc3)n1)C2. The molecule has 0 spiro atoms. The molecule has 0 aliphatic carbocycles. The van der Waals surface area contributed by atoms with E-state index in [1.54, 1.807) is 6.20 Å². The topological polar surface area (TPSA) is 67.3 Å². The third-order valence-electron chi connectivity index (χ3n) is 4.90. The largest absolute Gasteiger partial charge is 0.465 e. The zero-order valence-corrected chi connectivity index (χ0v) is 15.8. The molecule has 1 aliphatic rings. The Morgan fingerprint density at radius 3 is 2.82 bits per heavy atom. The lowest BCUT2D eigenvalue weighted by Gasteiger charge is -2.30. The number of nitrogens with one attached hydrogen (secondary N) is 1. The minimum atomic E-state index is -0.296. The highest BCUT2D eigenvalue weighted by atomic mass is 16.5. The van der Waals surface area contributed by atoms with Crippen molar-refractivity contribution in [2.45, 2.75) is 19.5 Å². The van der Waals surface area contributed by atoms with Crippen molar-refractivity contribution in [1.82, 2.24) is 9.97 Å². The summed E-state index contributed by atoms with van der Waals surface area (Å²) in [5, 5.41) is 3.29. The second-order valence-electron chi connectivity index (χ2n) is 6.72. The van der Waals surface area contributed by atoms with Gasteiger partial charge in [0.2, 0.25) is 5.95 Å². The van der Waals surface area contributed by atoms with Gasteiger partial charge >= 0.3 is 5.97 Å². The van der Waals surface area contributed by atoms with Gasteiger partial charge in [-0.15, -0.1) is 0 Å². The highest BCUT2D eigenvalue weighted by Gasteiger charge is 2.19. The van der Waals surface area contributed by atoms with E-state index >= 15 is 0 Å². The highest BCUT2D eigenvalue weighted by Crippen LogP contribution is 2.24. The summed E-state index contributed by atoms with van der Waals surface area (Å²) >= 11 is 0. The Hall–Kier alpha value is -3.41. The standard InChI is InChI=1S/C22H22N4O2/c1-28-21(27)18-7-8-19-15-26(12-10-17(19)13-18)20-9-11-23-22(25-20)24-14-16-5-3-2-4-6-16/h2-9,11,13H,10,12,14-15H2,1H3,(H,23,24,25). The first-order valence-corrected chi connectivity index (χ1v) is 9.29. The van der Waals surface area contributed by atoms with Crippen molar-refractivity contribution in [2.75, 3.05) is 23.9 Å². The number of esters is 1. The zero-order valence-electron chi connectivity index (χ0n) is 15.8. The number of hydrogen-bond acceptors (Lipinski definition) is 6. The lowest BCUT2D eigenvalue weighted by atomic mass is 9.97. The summed E-state index contributed by atoms with van der Waals surface area (Å²) in [6, 6.07) is 17.9. The molecule has 28 heavy (non-hydrogen) atoms. The quantitative estimate of drug-likeness (QED) is 0.690. The number of carbonyl (C=O) groups excluding carboxylic acids is 1. The monoisotopic (exact) mass is 374 g/mol. The van der Waals surface area contributed by atoms with Gasteiger partial charge in [0.25, 0.3) is 0 Å². The third kappa shape index (κ3) is 3.96. The van der Waals surface area contributed by atoms with Crippen LogP contribution in [-0.4, -0.2) is 29.6 Å². The fourth-order valence-electron chi connectivity index (χ4n) is 3.38. The molecule has 0 saturated carbocycles. The number of fused-ring (bicyclic) bond motifs is 1. The number of aromatic nitrogens is 2. The Bertz CT molecular complexity index is 975. The molecule has 6 nitrogen and oxygen atoms in total. The summed E-state index contributed by atoms with van der Waals surface area (Å²) < 4.78 is 4.81. The number of hydrogen-bond donors (Lipinski definition) is 1. The van der Waals surface area contributed by atoms with Crippen molar-refractivity contribution < 1.29 is 9.53 Å². The molecule has 0 bridgehead atoms. The van der Waals surface area contributed by atoms with E-state index in [1.807, 2.05) is 42.5 Å². The molecule has 0 saturated heterocycles. The van der Waals surface area contributed by atoms with E-state index in [9.17, 15) is 4.79 Å². The molecule has 0 fully saturated rings. The average Bonchev–Trinajstić information content (AvgIpc) is 2.77. The molecule has 1 N–H and O–H groups in total. The molecule has 0 radical (unpaired) electrons. The molecular weight excluding hydrogens is 352 g/mol. The number of ether oxygens (including phenoxy) is 1. The number of benzene rings is 2. The number of nitrogens with zero attached hydrogens (tertiary/aromatic N) is 3. The molecule has 4 rings (SSSR count). The fraction of sp³-hybridized carbons (Fsp3) is 0.227. The van der Waals surface area contributed by atoms with Crippen molar-refractivity contribution in [1.29, 1.82) is 0 Å². The lowest BCUT2D eigenvalue weighted by Crippen LogP contribution is -2.31. The average molecular weight is 374 g/mol. The molecule has 142 valence electrons. The molecule has 3 aromatic rings. The summed E-state index contributed by atoms with van der Waals surface area (Å²) in [7, 11) is 1.40. The maximum Gasteiger partial charge on any atom is 0.337 e. The minimum Gasteiger partial charge on any atom is -0.465 e. The number of anilines is 2. The maximum absolute atomic E-state index is 11.7. The molecule has 6 heteroatoms. The van der Waals surface area contributed by atoms with Gasteiger partial charge < -0.3 is 15.0 Å². The van der Waals surface area contributed by atoms with E-state index in [0.717, 1.165) is 25.3 Å². The van der Waals surface area contributed by atoms with Gasteiger partial charge in [-0.3, -0.25) is 0 Å². The Labute approximate surface area is 164 Å². The van der Waals surface area contributed by atoms with Crippen molar-refractivity contribution in [3.8, 4) is 0 Å². The van der Waals surface area contributed by atoms with Gasteiger partial charge in [-0.1, -0.05) is 36.4 Å². The molecule has 0 unspecified atom stereocenters. The van der Waals surface area contributed by atoms with E-state index < -0.39 is 0 Å². The predicted octanol–water partition coefficient (Wildman–Crippen LogP) is 3.44. The van der Waals surface area contributed by atoms with Crippen LogP contribution in [-0.2, 0) is 24.2 Å². The van der Waals surface area contributed by atoms with Crippen molar-refractivity contribution in [3.05, 3.63) is 83.0 Å². The van der Waals surface area contributed by atoms with Crippen molar-refractivity contribution in [2.24, 2.45) is 0 Å². The minimum absolute atomic E-state index is 0.296. The van der Waals surface area contributed by atoms with E-state index in [2.05, 4.69) is 32.3 Å². The third-order valence-corrected chi connectivity index (χ3v) is 4.90. The van der Waals surface area contributed by atoms with Crippen LogP contribution in [0.4, 0.5) is 11.8 Å². The van der Waals surface area contributed by atoms with E-state index in [0.29, 0.717) is 18.1 Å². The molecular formula is C22H22N4O2. The van der Waals surface area contributed by atoms with Crippen LogP contribution in [0.5, 0.6) is 0 Å². The van der Waals surface area contributed by atoms with Gasteiger partial charge in [-0.25, -0.2) is 9.78 Å². The molecule has 2 aromatic carbocycles. The van der Waals surface area contributed by atoms with Gasteiger partial charge in [0.1, 0.15) is 5.82 Å². The zero-order chi connectivity index (χ0) is 19.3. The summed E-state index contributed by atoms with van der Waals surface area (Å²) in [5.74, 6) is 1.22. The van der Waals surface area contributed by atoms with Crippen molar-refractivity contribution in [3.63, 3.8) is 0 Å². The van der Waals surface area contributed by atoms with Gasteiger partial charge in [0.15, 0.2) is 0 Å². The van der Waals surface area contributed by atoms with Crippen LogP contribution < -0.4 is 10.2 Å². The van der Waals surface area contributed by atoms with Crippen LogP contribution in [0.1, 0.15) is 27.0 Å². The molecule has 0 atom stereocenters. The smallest absolute Gasteiger partial charge is 0.337 e. The molecule has 1 aromatic heterocycles. The first-order chi connectivity index (χ1) is 13.7. The predicted molar refractivity (Wildman–Crippen MR) is 108 cm³/mol. The highest BCUT2D eigenvalue weighted by molar-refractivity contribution is 5.89. The van der Waals surface area contributed by atoms with Gasteiger partial charge in [0, 0.05) is 25.8 Å². The van der Waals surface area contributed by atoms with Gasteiger partial charge in [0.05, 0.1) is 12.7 Å². The normalized spacial score (nSPS) is 13.0. The van der Waals surface area contributed by atoms with E-state index in [-0.39, 0.29) is 5.97 Å². The molecule has 1 aliphatic heterocycles. The van der Waals surface area contributed by atoms with Crippen LogP contribution in [0.3, 0.4) is 0 Å². The van der Waals surface area contributed by atoms with Crippen LogP contribution in [0.15, 0.2) is 60.8 Å². The number of methoxy groups -OCH3 is 1. The first-order valence-electron chi connectivity index (χ1n) is 9.29. The molecule has 2 heterocycles. The summed E-state index contributed by atoms with van der Waals surface area (Å²) in [6.07, 6.45) is 2.64. The second kappa shape index (κ2) is 8.08. The number of rotatable bonds is 5. The summed E-state index contributed by atoms with van der Waals surface area (Å²) in [5.41, 5.74) is 4.18. The summed E-state index contributed by atoms with van der Waals surface area (Å²) in [6.45, 7) is 2.28. The molecule has 0 amide bonds. The number of carbonyl (C=O) groups is 1. The Kier molecular flexibility index (Phi) is 5.19. The second-order valence-corrected chi connectivity index (χ2v) is 6.72. The van der Waals surface area contributed by atoms with Gasteiger partial charge in [-0.2, -0.15) is 4.98 Å². The Balaban J connectivity index is 1.46. The van der Waals surface area contributed by atoms with E-state index in [4.69, 9.17) is 4.74 Å².